The van der Waals surface area contributed by atoms with Crippen LogP contribution in [0, 0.1) is 6.92 Å². The molecule has 0 aliphatic heterocycles. The summed E-state index contributed by atoms with van der Waals surface area (Å²) in [6.45, 7) is 6.37. The molecule has 5 heteroatoms. The first-order valence-corrected chi connectivity index (χ1v) is 7.75. The molecule has 0 aliphatic carbocycles. The molecule has 0 fully saturated rings. The molecule has 0 aliphatic rings. The van der Waals surface area contributed by atoms with Crippen molar-refractivity contribution in [1.29, 1.82) is 0 Å². The van der Waals surface area contributed by atoms with Crippen LogP contribution in [0.1, 0.15) is 30.3 Å². The number of H-pyrrole nitrogens is 1. The maximum Gasteiger partial charge on any atom is 0.153 e. The maximum atomic E-state index is 6.06. The van der Waals surface area contributed by atoms with Gasteiger partial charge in [-0.25, -0.2) is 4.98 Å². The van der Waals surface area contributed by atoms with Gasteiger partial charge in [-0.15, -0.1) is 11.3 Å². The van der Waals surface area contributed by atoms with Crippen molar-refractivity contribution in [1.82, 2.24) is 15.2 Å². The molecule has 3 aromatic rings. The van der Waals surface area contributed by atoms with Gasteiger partial charge in [0.2, 0.25) is 0 Å². The smallest absolute Gasteiger partial charge is 0.153 e. The minimum absolute atomic E-state index is 0.518. The number of hydrogen-bond donors (Lipinski definition) is 2. The molecular weight excluding hydrogens is 280 g/mol. The zero-order valence-electron chi connectivity index (χ0n) is 12.3. The number of aromatic nitrogens is 3. The summed E-state index contributed by atoms with van der Waals surface area (Å²) in [7, 11) is 0. The summed E-state index contributed by atoms with van der Waals surface area (Å²) in [5.41, 5.74) is 10.3. The zero-order chi connectivity index (χ0) is 15.0. The van der Waals surface area contributed by atoms with Crippen LogP contribution in [-0.4, -0.2) is 15.2 Å². The highest BCUT2D eigenvalue weighted by atomic mass is 32.1. The van der Waals surface area contributed by atoms with E-state index < -0.39 is 0 Å². The first kappa shape index (κ1) is 13.8. The van der Waals surface area contributed by atoms with E-state index in [4.69, 9.17) is 5.73 Å². The van der Waals surface area contributed by atoms with Gasteiger partial charge in [0.25, 0.3) is 0 Å². The predicted octanol–water partition coefficient (Wildman–Crippen LogP) is 4.21. The Labute approximate surface area is 128 Å². The fourth-order valence-corrected chi connectivity index (χ4v) is 3.12. The van der Waals surface area contributed by atoms with Crippen LogP contribution in [-0.2, 0) is 0 Å². The third-order valence-corrected chi connectivity index (χ3v) is 4.46. The van der Waals surface area contributed by atoms with Gasteiger partial charge in [-0.2, -0.15) is 5.10 Å². The molecule has 4 nitrogen and oxygen atoms in total. The highest BCUT2D eigenvalue weighted by Gasteiger charge is 2.16. The molecule has 0 unspecified atom stereocenters. The Kier molecular flexibility index (Phi) is 3.51. The summed E-state index contributed by atoms with van der Waals surface area (Å²) in [6, 6.07) is 8.50. The largest absolute Gasteiger partial charge is 0.382 e. The van der Waals surface area contributed by atoms with Gasteiger partial charge in [-0.3, -0.25) is 5.10 Å². The van der Waals surface area contributed by atoms with Crippen molar-refractivity contribution in [2.75, 3.05) is 5.73 Å². The quantitative estimate of drug-likeness (QED) is 0.761. The van der Waals surface area contributed by atoms with Gasteiger partial charge in [0.15, 0.2) is 5.82 Å². The Morgan fingerprint density at radius 3 is 2.48 bits per heavy atom. The van der Waals surface area contributed by atoms with Gasteiger partial charge in [0.1, 0.15) is 0 Å². The lowest BCUT2D eigenvalue weighted by atomic mass is 9.98. The van der Waals surface area contributed by atoms with Gasteiger partial charge < -0.3 is 5.73 Å². The summed E-state index contributed by atoms with van der Waals surface area (Å²) in [6.07, 6.45) is 1.86. The van der Waals surface area contributed by atoms with Crippen molar-refractivity contribution in [2.24, 2.45) is 0 Å². The van der Waals surface area contributed by atoms with E-state index in [1.807, 2.05) is 13.1 Å². The van der Waals surface area contributed by atoms with E-state index in [1.165, 1.54) is 5.56 Å². The molecule has 0 radical (unpaired) electrons. The van der Waals surface area contributed by atoms with Gasteiger partial charge in [-0.05, 0) is 24.0 Å². The van der Waals surface area contributed by atoms with Crippen molar-refractivity contribution in [2.45, 2.75) is 26.7 Å². The molecule has 3 N–H and O–H groups in total. The summed E-state index contributed by atoms with van der Waals surface area (Å²) >= 11 is 1.63. The minimum atomic E-state index is 0.518. The Morgan fingerprint density at radius 2 is 1.90 bits per heavy atom. The molecule has 0 spiro atoms. The average molecular weight is 298 g/mol. The third-order valence-electron chi connectivity index (χ3n) is 3.53. The summed E-state index contributed by atoms with van der Waals surface area (Å²) in [5.74, 6) is 1.04. The molecule has 0 saturated heterocycles. The number of nitrogens with one attached hydrogen (secondary N) is 1. The Hall–Kier alpha value is -2.14. The number of nitrogen functional groups attached to an aromatic ring is 1. The van der Waals surface area contributed by atoms with Crippen LogP contribution in [0.25, 0.3) is 21.7 Å². The van der Waals surface area contributed by atoms with Gasteiger partial charge in [0, 0.05) is 6.20 Å². The minimum Gasteiger partial charge on any atom is -0.382 e. The molecule has 1 aromatic carbocycles. The molecule has 0 amide bonds. The second-order valence-corrected chi connectivity index (χ2v) is 6.61. The number of thiazole rings is 1. The second kappa shape index (κ2) is 5.33. The van der Waals surface area contributed by atoms with E-state index >= 15 is 0 Å². The number of hydrogen-bond acceptors (Lipinski definition) is 4. The lowest BCUT2D eigenvalue weighted by molar-refractivity contribution is 0.867. The normalized spacial score (nSPS) is 11.2. The molecule has 0 atom stereocenters. The van der Waals surface area contributed by atoms with Crippen molar-refractivity contribution in [3.05, 3.63) is 41.0 Å². The molecule has 108 valence electrons. The predicted molar refractivity (Wildman–Crippen MR) is 88.4 cm³/mol. The second-order valence-electron chi connectivity index (χ2n) is 5.38. The van der Waals surface area contributed by atoms with Crippen molar-refractivity contribution >= 4 is 17.2 Å². The topological polar surface area (TPSA) is 67.6 Å². The van der Waals surface area contributed by atoms with Crippen molar-refractivity contribution in [3.63, 3.8) is 0 Å². The fourth-order valence-electron chi connectivity index (χ4n) is 2.34. The van der Waals surface area contributed by atoms with E-state index in [2.05, 4.69) is 53.3 Å². The number of benzene rings is 1. The van der Waals surface area contributed by atoms with Crippen LogP contribution < -0.4 is 5.73 Å². The number of rotatable bonds is 3. The lowest BCUT2D eigenvalue weighted by Crippen LogP contribution is -1.90. The first-order valence-electron chi connectivity index (χ1n) is 6.93. The number of aryl methyl sites for hydroxylation is 1. The standard InChI is InChI=1S/C16H18N4S/c1-9(2)11-4-6-12(7-5-11)14-15(19-20-16(14)17)13-8-18-10(3)21-13/h4-9H,1-3H3,(H3,17,19,20). The van der Waals surface area contributed by atoms with E-state index in [9.17, 15) is 0 Å². The first-order chi connectivity index (χ1) is 10.1. The number of anilines is 1. The van der Waals surface area contributed by atoms with E-state index in [0.29, 0.717) is 11.7 Å². The summed E-state index contributed by atoms with van der Waals surface area (Å²) < 4.78 is 0. The molecule has 0 saturated carbocycles. The Bertz CT molecular complexity index is 753. The average Bonchev–Trinajstić information content (AvgIpc) is 3.05. The van der Waals surface area contributed by atoms with Crippen LogP contribution in [0.5, 0.6) is 0 Å². The third kappa shape index (κ3) is 2.56. The van der Waals surface area contributed by atoms with Gasteiger partial charge in [-0.1, -0.05) is 38.1 Å². The van der Waals surface area contributed by atoms with Crippen molar-refractivity contribution in [3.8, 4) is 21.7 Å². The summed E-state index contributed by atoms with van der Waals surface area (Å²) in [4.78, 5) is 5.36. The monoisotopic (exact) mass is 298 g/mol. The van der Waals surface area contributed by atoms with Crippen LogP contribution in [0.3, 0.4) is 0 Å². The van der Waals surface area contributed by atoms with Gasteiger partial charge >= 0.3 is 0 Å². The van der Waals surface area contributed by atoms with E-state index in [1.54, 1.807) is 11.3 Å². The molecule has 3 rings (SSSR count). The highest BCUT2D eigenvalue weighted by Crippen LogP contribution is 2.37. The van der Waals surface area contributed by atoms with Gasteiger partial charge in [0.05, 0.1) is 21.1 Å². The summed E-state index contributed by atoms with van der Waals surface area (Å²) in [5, 5.41) is 8.23. The molecular formula is C16H18N4S. The fraction of sp³-hybridized carbons (Fsp3) is 0.250. The van der Waals surface area contributed by atoms with Crippen LogP contribution in [0.2, 0.25) is 0 Å². The molecule has 2 aromatic heterocycles. The highest BCUT2D eigenvalue weighted by molar-refractivity contribution is 7.15. The molecule has 21 heavy (non-hydrogen) atoms. The molecule has 2 heterocycles. The van der Waals surface area contributed by atoms with Crippen LogP contribution in [0.4, 0.5) is 5.82 Å². The van der Waals surface area contributed by atoms with E-state index in [0.717, 1.165) is 26.7 Å². The number of nitrogens with zero attached hydrogens (tertiary/aromatic N) is 2. The number of aromatic amines is 1. The van der Waals surface area contributed by atoms with Crippen LogP contribution >= 0.6 is 11.3 Å². The SMILES string of the molecule is Cc1ncc(-c2[nH]nc(N)c2-c2ccc(C(C)C)cc2)s1. The van der Waals surface area contributed by atoms with Crippen molar-refractivity contribution < 1.29 is 0 Å². The van der Waals surface area contributed by atoms with Crippen LogP contribution in [0.15, 0.2) is 30.5 Å². The Morgan fingerprint density at radius 1 is 1.19 bits per heavy atom. The lowest BCUT2D eigenvalue weighted by Gasteiger charge is -2.07. The Balaban J connectivity index is 2.08. The molecule has 0 bridgehead atoms. The maximum absolute atomic E-state index is 6.06. The zero-order valence-corrected chi connectivity index (χ0v) is 13.2. The van der Waals surface area contributed by atoms with E-state index in [-0.39, 0.29) is 0 Å². The number of nitrogens with two attached hydrogens (primary N) is 1.